The van der Waals surface area contributed by atoms with Gasteiger partial charge in [0.15, 0.2) is 0 Å². The third-order valence-electron chi connectivity index (χ3n) is 3.75. The summed E-state index contributed by atoms with van der Waals surface area (Å²) in [6.07, 6.45) is 6.60. The molecule has 0 saturated carbocycles. The van der Waals surface area contributed by atoms with Gasteiger partial charge >= 0.3 is 0 Å². The molecule has 1 aliphatic carbocycles. The van der Waals surface area contributed by atoms with Crippen LogP contribution in [0, 0.1) is 11.8 Å². The van der Waals surface area contributed by atoms with E-state index in [0.717, 1.165) is 18.4 Å². The Morgan fingerprint density at radius 1 is 1.41 bits per heavy atom. The fourth-order valence-electron chi connectivity index (χ4n) is 2.22. The highest BCUT2D eigenvalue weighted by atomic mass is 16.3. The molecule has 0 aliphatic heterocycles. The van der Waals surface area contributed by atoms with Crippen LogP contribution < -0.4 is 0 Å². The van der Waals surface area contributed by atoms with Crippen LogP contribution in [0.25, 0.3) is 0 Å². The molecule has 0 amide bonds. The molecule has 2 N–H and O–H groups in total. The van der Waals surface area contributed by atoms with E-state index in [2.05, 4.69) is 26.5 Å². The lowest BCUT2D eigenvalue weighted by atomic mass is 9.84. The van der Waals surface area contributed by atoms with Crippen LogP contribution in [0.3, 0.4) is 0 Å². The molecule has 0 aromatic carbocycles. The lowest BCUT2D eigenvalue weighted by molar-refractivity contribution is 0.0781. The lowest BCUT2D eigenvalue weighted by Gasteiger charge is -2.26. The first kappa shape index (κ1) is 14.5. The zero-order valence-electron chi connectivity index (χ0n) is 11.3. The second-order valence-corrected chi connectivity index (χ2v) is 5.88. The molecule has 0 aromatic heterocycles. The molecule has 0 radical (unpaired) electrons. The second-order valence-electron chi connectivity index (χ2n) is 5.88. The molecule has 3 atom stereocenters. The van der Waals surface area contributed by atoms with Crippen LogP contribution in [-0.4, -0.2) is 21.9 Å². The number of hydrogen-bond acceptors (Lipinski definition) is 2. The summed E-state index contributed by atoms with van der Waals surface area (Å²) in [7, 11) is 0. The van der Waals surface area contributed by atoms with Crippen LogP contribution in [0.5, 0.6) is 0 Å². The van der Waals surface area contributed by atoms with E-state index in [1.165, 1.54) is 0 Å². The Kier molecular flexibility index (Phi) is 4.96. The van der Waals surface area contributed by atoms with Gasteiger partial charge in [-0.25, -0.2) is 0 Å². The Morgan fingerprint density at radius 3 is 2.65 bits per heavy atom. The van der Waals surface area contributed by atoms with Gasteiger partial charge in [-0.1, -0.05) is 32.6 Å². The van der Waals surface area contributed by atoms with E-state index in [0.29, 0.717) is 24.7 Å². The fraction of sp³-hybridized carbons (Fsp3) is 0.733. The summed E-state index contributed by atoms with van der Waals surface area (Å²) in [6.45, 7) is 10.1. The molecule has 0 fully saturated rings. The van der Waals surface area contributed by atoms with Crippen molar-refractivity contribution in [1.29, 1.82) is 0 Å². The van der Waals surface area contributed by atoms with Crippen LogP contribution in [0.2, 0.25) is 0 Å². The Balaban J connectivity index is 2.83. The third kappa shape index (κ3) is 4.64. The van der Waals surface area contributed by atoms with E-state index in [4.69, 9.17) is 0 Å². The van der Waals surface area contributed by atoms with Crippen LogP contribution in [0.4, 0.5) is 0 Å². The summed E-state index contributed by atoms with van der Waals surface area (Å²) in [4.78, 5) is 0. The van der Waals surface area contributed by atoms with Gasteiger partial charge in [-0.15, -0.1) is 0 Å². The van der Waals surface area contributed by atoms with E-state index in [1.54, 1.807) is 6.92 Å². The van der Waals surface area contributed by atoms with Gasteiger partial charge in [-0.2, -0.15) is 0 Å². The Morgan fingerprint density at radius 2 is 2.06 bits per heavy atom. The molecule has 98 valence electrons. The monoisotopic (exact) mass is 238 g/mol. The van der Waals surface area contributed by atoms with Gasteiger partial charge in [0.05, 0.1) is 11.7 Å². The Hall–Kier alpha value is -0.600. The molecule has 1 aliphatic rings. The smallest absolute Gasteiger partial charge is 0.0800 e. The van der Waals surface area contributed by atoms with Crippen molar-refractivity contribution in [3.63, 3.8) is 0 Å². The van der Waals surface area contributed by atoms with Crippen LogP contribution >= 0.6 is 0 Å². The second kappa shape index (κ2) is 5.83. The zero-order valence-corrected chi connectivity index (χ0v) is 11.3. The maximum absolute atomic E-state index is 10.2. The minimum absolute atomic E-state index is 0.448. The molecule has 1 unspecified atom stereocenters. The molecule has 2 heteroatoms. The van der Waals surface area contributed by atoms with E-state index in [1.807, 2.05) is 6.08 Å². The highest BCUT2D eigenvalue weighted by Gasteiger charge is 2.23. The molecule has 0 saturated heterocycles. The zero-order chi connectivity index (χ0) is 13.1. The average molecular weight is 238 g/mol. The summed E-state index contributed by atoms with van der Waals surface area (Å²) in [5.74, 6) is 0.995. The normalized spacial score (nSPS) is 38.1. The van der Waals surface area contributed by atoms with Gasteiger partial charge in [-0.3, -0.25) is 0 Å². The standard InChI is InChI=1S/C15H26O2/c1-11(2)13-6-5-12(3)14(16)8-10-15(4,17)9-7-13/h7,9,11,13-14,16-17H,3,5-6,8,10H2,1-2,4H3/b9-7+/t13-,14?,15-/m1/s1. The predicted molar refractivity (Wildman–Crippen MR) is 71.7 cm³/mol. The van der Waals surface area contributed by atoms with Gasteiger partial charge in [-0.05, 0) is 50.0 Å². The van der Waals surface area contributed by atoms with Gasteiger partial charge < -0.3 is 10.2 Å². The van der Waals surface area contributed by atoms with Crippen molar-refractivity contribution < 1.29 is 10.2 Å². The first-order valence-electron chi connectivity index (χ1n) is 6.59. The SMILES string of the molecule is C=C1CC[C@@H](C(C)C)/C=C/[C@@](C)(O)CCC1O. The molecular weight excluding hydrogens is 212 g/mol. The van der Waals surface area contributed by atoms with E-state index >= 15 is 0 Å². The number of rotatable bonds is 1. The highest BCUT2D eigenvalue weighted by Crippen LogP contribution is 2.27. The molecule has 17 heavy (non-hydrogen) atoms. The van der Waals surface area contributed by atoms with E-state index in [9.17, 15) is 10.2 Å². The average Bonchev–Trinajstić information content (AvgIpc) is 2.24. The molecule has 2 nitrogen and oxygen atoms in total. The fourth-order valence-corrected chi connectivity index (χ4v) is 2.22. The molecule has 1 rings (SSSR count). The maximum atomic E-state index is 10.2. The number of aliphatic hydroxyl groups is 2. The molecule has 0 aromatic rings. The van der Waals surface area contributed by atoms with E-state index < -0.39 is 11.7 Å². The minimum Gasteiger partial charge on any atom is -0.389 e. The van der Waals surface area contributed by atoms with Crippen molar-refractivity contribution in [2.45, 2.75) is 58.2 Å². The Bertz CT molecular complexity index is 289. The number of hydrogen-bond donors (Lipinski definition) is 2. The van der Waals surface area contributed by atoms with Crippen LogP contribution in [0.15, 0.2) is 24.3 Å². The van der Waals surface area contributed by atoms with Crippen LogP contribution in [-0.2, 0) is 0 Å². The van der Waals surface area contributed by atoms with Gasteiger partial charge in [0.1, 0.15) is 0 Å². The van der Waals surface area contributed by atoms with Crippen molar-refractivity contribution in [3.8, 4) is 0 Å². The van der Waals surface area contributed by atoms with Gasteiger partial charge in [0, 0.05) is 0 Å². The quantitative estimate of drug-likeness (QED) is 0.689. The first-order chi connectivity index (χ1) is 7.82. The summed E-state index contributed by atoms with van der Waals surface area (Å²) in [5, 5.41) is 20.1. The van der Waals surface area contributed by atoms with Crippen molar-refractivity contribution >= 4 is 0 Å². The van der Waals surface area contributed by atoms with Gasteiger partial charge in [0.2, 0.25) is 0 Å². The van der Waals surface area contributed by atoms with Crippen molar-refractivity contribution in [2.75, 3.05) is 0 Å². The summed E-state index contributed by atoms with van der Waals surface area (Å²) >= 11 is 0. The minimum atomic E-state index is -0.814. The summed E-state index contributed by atoms with van der Waals surface area (Å²) < 4.78 is 0. The number of aliphatic hydroxyl groups excluding tert-OH is 1. The number of allylic oxidation sites excluding steroid dienone is 1. The molecule has 0 bridgehead atoms. The van der Waals surface area contributed by atoms with Crippen LogP contribution in [0.1, 0.15) is 46.5 Å². The summed E-state index contributed by atoms with van der Waals surface area (Å²) in [5.41, 5.74) is 0.0906. The lowest BCUT2D eigenvalue weighted by Crippen LogP contribution is -2.25. The van der Waals surface area contributed by atoms with Crippen molar-refractivity contribution in [3.05, 3.63) is 24.3 Å². The molecular formula is C15H26O2. The first-order valence-corrected chi connectivity index (χ1v) is 6.59. The molecule has 0 heterocycles. The van der Waals surface area contributed by atoms with Crippen molar-refractivity contribution in [1.82, 2.24) is 0 Å². The summed E-state index contributed by atoms with van der Waals surface area (Å²) in [6, 6.07) is 0. The highest BCUT2D eigenvalue weighted by molar-refractivity contribution is 5.08. The largest absolute Gasteiger partial charge is 0.389 e. The van der Waals surface area contributed by atoms with Gasteiger partial charge in [0.25, 0.3) is 0 Å². The third-order valence-corrected chi connectivity index (χ3v) is 3.75. The Labute approximate surface area is 105 Å². The van der Waals surface area contributed by atoms with E-state index in [-0.39, 0.29) is 0 Å². The predicted octanol–water partition coefficient (Wildman–Crippen LogP) is 3.06. The topological polar surface area (TPSA) is 40.5 Å². The van der Waals surface area contributed by atoms with Crippen molar-refractivity contribution in [2.24, 2.45) is 11.8 Å². The maximum Gasteiger partial charge on any atom is 0.0800 e. The molecule has 0 spiro atoms.